The van der Waals surface area contributed by atoms with Crippen LogP contribution in [-0.2, 0) is 10.0 Å². The number of rotatable bonds is 5. The molecule has 29 heavy (non-hydrogen) atoms. The maximum Gasteiger partial charge on any atom is 0.257 e. The monoisotopic (exact) mass is 435 g/mol. The number of nitrogens with zero attached hydrogens (tertiary/aromatic N) is 1. The molecule has 3 rings (SSSR count). The maximum absolute atomic E-state index is 12.9. The summed E-state index contributed by atoms with van der Waals surface area (Å²) in [6.07, 6.45) is 4.09. The Kier molecular flexibility index (Phi) is 6.44. The number of sulfonamides is 1. The molecule has 2 N–H and O–H groups in total. The minimum atomic E-state index is -3.45. The third kappa shape index (κ3) is 5.48. The van der Waals surface area contributed by atoms with Crippen LogP contribution in [0.1, 0.15) is 40.0 Å². The standard InChI is InChI=1S/C20H22ClN3O4S/c1-29(27,28)23-14-9-10-15(17(21)13-14)19(25)22-18-8-4-3-7-16(18)20(26)24-11-5-2-6-12-24/h3-4,7-10,13,23H,2,5-6,11-12H2,1H3,(H,22,25). The molecular weight excluding hydrogens is 414 g/mol. The van der Waals surface area contributed by atoms with Crippen molar-refractivity contribution in [1.29, 1.82) is 0 Å². The zero-order valence-corrected chi connectivity index (χ0v) is 17.5. The number of carbonyl (C=O) groups excluding carboxylic acids is 2. The highest BCUT2D eigenvalue weighted by Gasteiger charge is 2.22. The van der Waals surface area contributed by atoms with Crippen molar-refractivity contribution in [1.82, 2.24) is 4.90 Å². The molecule has 0 spiro atoms. The lowest BCUT2D eigenvalue weighted by Gasteiger charge is -2.27. The van der Waals surface area contributed by atoms with Crippen LogP contribution < -0.4 is 10.0 Å². The molecule has 2 aromatic rings. The maximum atomic E-state index is 12.9. The molecule has 0 radical (unpaired) electrons. The summed E-state index contributed by atoms with van der Waals surface area (Å²) in [4.78, 5) is 27.4. The van der Waals surface area contributed by atoms with Gasteiger partial charge in [-0.2, -0.15) is 0 Å². The average Bonchev–Trinajstić information content (AvgIpc) is 2.67. The summed E-state index contributed by atoms with van der Waals surface area (Å²) < 4.78 is 25.0. The predicted octanol–water partition coefficient (Wildman–Crippen LogP) is 3.59. The number of likely N-dealkylation sites (tertiary alicyclic amines) is 1. The number of para-hydroxylation sites is 1. The smallest absolute Gasteiger partial charge is 0.257 e. The van der Waals surface area contributed by atoms with Crippen LogP contribution in [0.4, 0.5) is 11.4 Å². The Balaban J connectivity index is 1.80. The highest BCUT2D eigenvalue weighted by Crippen LogP contribution is 2.25. The largest absolute Gasteiger partial charge is 0.339 e. The summed E-state index contributed by atoms with van der Waals surface area (Å²) in [7, 11) is -3.45. The zero-order chi connectivity index (χ0) is 21.0. The number of carbonyl (C=O) groups is 2. The van der Waals surface area contributed by atoms with Crippen LogP contribution in [0.5, 0.6) is 0 Å². The molecule has 1 saturated heterocycles. The third-order valence-corrected chi connectivity index (χ3v) is 5.49. The SMILES string of the molecule is CS(=O)(=O)Nc1ccc(C(=O)Nc2ccccc2C(=O)N2CCCCC2)c(Cl)c1. The highest BCUT2D eigenvalue weighted by molar-refractivity contribution is 7.92. The molecule has 9 heteroatoms. The van der Waals surface area contributed by atoms with E-state index in [0.29, 0.717) is 24.3 Å². The second-order valence-electron chi connectivity index (χ2n) is 6.92. The Hall–Kier alpha value is -2.58. The fourth-order valence-corrected chi connectivity index (χ4v) is 4.03. The molecule has 0 bridgehead atoms. The minimum Gasteiger partial charge on any atom is -0.339 e. The Morgan fingerprint density at radius 3 is 2.34 bits per heavy atom. The van der Waals surface area contributed by atoms with E-state index in [9.17, 15) is 18.0 Å². The normalized spacial score (nSPS) is 14.3. The molecule has 1 fully saturated rings. The van der Waals surface area contributed by atoms with Crippen LogP contribution in [0, 0.1) is 0 Å². The molecule has 0 aliphatic carbocycles. The highest BCUT2D eigenvalue weighted by atomic mass is 35.5. The number of halogens is 1. The van der Waals surface area contributed by atoms with Crippen LogP contribution in [0.15, 0.2) is 42.5 Å². The lowest BCUT2D eigenvalue weighted by molar-refractivity contribution is 0.0725. The molecule has 7 nitrogen and oxygen atoms in total. The van der Waals surface area contributed by atoms with Gasteiger partial charge in [0, 0.05) is 18.8 Å². The van der Waals surface area contributed by atoms with Crippen LogP contribution in [0.25, 0.3) is 0 Å². The van der Waals surface area contributed by atoms with Crippen LogP contribution in [0.2, 0.25) is 5.02 Å². The van der Waals surface area contributed by atoms with Gasteiger partial charge in [0.2, 0.25) is 10.0 Å². The second kappa shape index (κ2) is 8.84. The number of nitrogens with one attached hydrogen (secondary N) is 2. The van der Waals surface area contributed by atoms with Crippen molar-refractivity contribution in [2.45, 2.75) is 19.3 Å². The second-order valence-corrected chi connectivity index (χ2v) is 9.08. The topological polar surface area (TPSA) is 95.6 Å². The summed E-state index contributed by atoms with van der Waals surface area (Å²) in [5.41, 5.74) is 1.26. The van der Waals surface area contributed by atoms with E-state index in [1.807, 2.05) is 0 Å². The van der Waals surface area contributed by atoms with Gasteiger partial charge in [0.05, 0.1) is 28.1 Å². The van der Waals surface area contributed by atoms with E-state index in [1.165, 1.54) is 18.2 Å². The van der Waals surface area contributed by atoms with Gasteiger partial charge in [0.1, 0.15) is 0 Å². The van der Waals surface area contributed by atoms with Gasteiger partial charge in [-0.3, -0.25) is 14.3 Å². The molecule has 0 unspecified atom stereocenters. The number of amides is 2. The summed E-state index contributed by atoms with van der Waals surface area (Å²) in [6.45, 7) is 1.42. The molecule has 0 aromatic heterocycles. The van der Waals surface area contributed by atoms with Gasteiger partial charge in [-0.25, -0.2) is 8.42 Å². The molecule has 1 aliphatic heterocycles. The summed E-state index contributed by atoms with van der Waals surface area (Å²) >= 11 is 6.17. The van der Waals surface area contributed by atoms with E-state index >= 15 is 0 Å². The first-order valence-corrected chi connectivity index (χ1v) is 11.5. The summed E-state index contributed by atoms with van der Waals surface area (Å²) in [5, 5.41) is 2.84. The molecule has 0 saturated carbocycles. The Labute approximate surface area is 175 Å². The van der Waals surface area contributed by atoms with Crippen molar-refractivity contribution in [3.05, 3.63) is 58.6 Å². The lowest BCUT2D eigenvalue weighted by atomic mass is 10.1. The quantitative estimate of drug-likeness (QED) is 0.750. The van der Waals surface area contributed by atoms with Crippen molar-refractivity contribution in [2.24, 2.45) is 0 Å². The van der Waals surface area contributed by atoms with Crippen molar-refractivity contribution in [3.8, 4) is 0 Å². The van der Waals surface area contributed by atoms with E-state index in [4.69, 9.17) is 11.6 Å². The first kappa shape index (κ1) is 21.1. The Bertz CT molecular complexity index is 1030. The number of piperidine rings is 1. The van der Waals surface area contributed by atoms with Crippen molar-refractivity contribution in [2.75, 3.05) is 29.4 Å². The van der Waals surface area contributed by atoms with E-state index in [0.717, 1.165) is 25.5 Å². The molecule has 2 aromatic carbocycles. The molecule has 0 atom stereocenters. The van der Waals surface area contributed by atoms with Gasteiger partial charge in [0.15, 0.2) is 0 Å². The van der Waals surface area contributed by atoms with Crippen LogP contribution >= 0.6 is 11.6 Å². The molecule has 2 amide bonds. The average molecular weight is 436 g/mol. The van der Waals surface area contributed by atoms with E-state index in [-0.39, 0.29) is 22.2 Å². The first-order chi connectivity index (χ1) is 13.7. The number of anilines is 2. The van der Waals surface area contributed by atoms with Gasteiger partial charge in [-0.1, -0.05) is 23.7 Å². The number of hydrogen-bond acceptors (Lipinski definition) is 4. The Morgan fingerprint density at radius 1 is 1.00 bits per heavy atom. The summed E-state index contributed by atoms with van der Waals surface area (Å²) in [5.74, 6) is -0.598. The predicted molar refractivity (Wildman–Crippen MR) is 114 cm³/mol. The van der Waals surface area contributed by atoms with Crippen molar-refractivity contribution in [3.63, 3.8) is 0 Å². The van der Waals surface area contributed by atoms with Gasteiger partial charge >= 0.3 is 0 Å². The van der Waals surface area contributed by atoms with Gasteiger partial charge in [0.25, 0.3) is 11.8 Å². The third-order valence-electron chi connectivity index (χ3n) is 4.57. The van der Waals surface area contributed by atoms with Gasteiger partial charge in [-0.15, -0.1) is 0 Å². The van der Waals surface area contributed by atoms with Crippen LogP contribution in [-0.4, -0.2) is 44.5 Å². The molecule has 1 aliphatic rings. The summed E-state index contributed by atoms with van der Waals surface area (Å²) in [6, 6.07) is 11.1. The molecular formula is C20H22ClN3O4S. The van der Waals surface area contributed by atoms with Gasteiger partial charge in [-0.05, 0) is 49.6 Å². The van der Waals surface area contributed by atoms with E-state index in [1.54, 1.807) is 29.2 Å². The molecule has 154 valence electrons. The number of hydrogen-bond donors (Lipinski definition) is 2. The number of benzene rings is 2. The fourth-order valence-electron chi connectivity index (χ4n) is 3.21. The molecule has 1 heterocycles. The first-order valence-electron chi connectivity index (χ1n) is 9.21. The van der Waals surface area contributed by atoms with E-state index < -0.39 is 15.9 Å². The zero-order valence-electron chi connectivity index (χ0n) is 15.9. The van der Waals surface area contributed by atoms with E-state index in [2.05, 4.69) is 10.0 Å². The minimum absolute atomic E-state index is 0.0935. The van der Waals surface area contributed by atoms with Crippen molar-refractivity contribution >= 4 is 44.8 Å². The van der Waals surface area contributed by atoms with Gasteiger partial charge < -0.3 is 10.2 Å². The Morgan fingerprint density at radius 2 is 1.69 bits per heavy atom. The van der Waals surface area contributed by atoms with Crippen molar-refractivity contribution < 1.29 is 18.0 Å². The lowest BCUT2D eigenvalue weighted by Crippen LogP contribution is -2.36. The fraction of sp³-hybridized carbons (Fsp3) is 0.300. The van der Waals surface area contributed by atoms with Crippen LogP contribution in [0.3, 0.4) is 0 Å².